The fourth-order valence-electron chi connectivity index (χ4n) is 1.57. The van der Waals surface area contributed by atoms with Gasteiger partial charge in [-0.05, 0) is 18.2 Å². The normalized spacial score (nSPS) is 10.2. The van der Waals surface area contributed by atoms with Crippen LogP contribution < -0.4 is 15.8 Å². The number of aromatic nitrogens is 2. The third-order valence-corrected chi connectivity index (χ3v) is 2.44. The SMILES string of the molecule is COc1ccc(N)cc1C(=O)NCc1noc(C)n1. The van der Waals surface area contributed by atoms with Crippen molar-refractivity contribution in [1.82, 2.24) is 15.5 Å². The Kier molecular flexibility index (Phi) is 3.65. The number of methoxy groups -OCH3 is 1. The summed E-state index contributed by atoms with van der Waals surface area (Å²) in [5.41, 5.74) is 6.51. The van der Waals surface area contributed by atoms with Gasteiger partial charge in [0, 0.05) is 12.6 Å². The number of ether oxygens (including phenoxy) is 1. The van der Waals surface area contributed by atoms with Gasteiger partial charge in [0.2, 0.25) is 5.89 Å². The summed E-state index contributed by atoms with van der Waals surface area (Å²) >= 11 is 0. The molecule has 7 nitrogen and oxygen atoms in total. The van der Waals surface area contributed by atoms with Crippen LogP contribution in [0.3, 0.4) is 0 Å². The number of nitrogens with one attached hydrogen (secondary N) is 1. The van der Waals surface area contributed by atoms with Crippen LogP contribution in [0.15, 0.2) is 22.7 Å². The Morgan fingerprint density at radius 3 is 2.95 bits per heavy atom. The van der Waals surface area contributed by atoms with Crippen molar-refractivity contribution >= 4 is 11.6 Å². The molecular formula is C12H14N4O3. The zero-order valence-corrected chi connectivity index (χ0v) is 10.6. The molecule has 0 aliphatic carbocycles. The van der Waals surface area contributed by atoms with E-state index in [1.165, 1.54) is 7.11 Å². The highest BCUT2D eigenvalue weighted by atomic mass is 16.5. The van der Waals surface area contributed by atoms with Crippen molar-refractivity contribution in [2.24, 2.45) is 0 Å². The molecule has 0 saturated carbocycles. The maximum absolute atomic E-state index is 12.0. The zero-order chi connectivity index (χ0) is 13.8. The van der Waals surface area contributed by atoms with Gasteiger partial charge in [-0.2, -0.15) is 4.98 Å². The minimum Gasteiger partial charge on any atom is -0.496 e. The van der Waals surface area contributed by atoms with E-state index in [-0.39, 0.29) is 12.5 Å². The maximum atomic E-state index is 12.0. The number of hydrogen-bond acceptors (Lipinski definition) is 6. The van der Waals surface area contributed by atoms with Gasteiger partial charge < -0.3 is 20.3 Å². The van der Waals surface area contributed by atoms with Gasteiger partial charge in [0.25, 0.3) is 5.91 Å². The van der Waals surface area contributed by atoms with Crippen molar-refractivity contribution in [3.8, 4) is 5.75 Å². The molecule has 1 amide bonds. The predicted octanol–water partition coefficient (Wildman–Crippen LogP) is 0.899. The Morgan fingerprint density at radius 2 is 2.32 bits per heavy atom. The lowest BCUT2D eigenvalue weighted by Gasteiger charge is -2.08. The van der Waals surface area contributed by atoms with Crippen LogP contribution in [-0.4, -0.2) is 23.2 Å². The van der Waals surface area contributed by atoms with E-state index in [2.05, 4.69) is 15.5 Å². The molecule has 1 aromatic heterocycles. The molecule has 19 heavy (non-hydrogen) atoms. The molecule has 0 spiro atoms. The summed E-state index contributed by atoms with van der Waals surface area (Å²) in [4.78, 5) is 16.0. The third-order valence-electron chi connectivity index (χ3n) is 2.44. The number of benzene rings is 1. The second kappa shape index (κ2) is 5.38. The number of rotatable bonds is 4. The summed E-state index contributed by atoms with van der Waals surface area (Å²) in [6.45, 7) is 1.85. The molecule has 0 bridgehead atoms. The molecular weight excluding hydrogens is 248 g/mol. The molecule has 0 fully saturated rings. The van der Waals surface area contributed by atoms with Crippen molar-refractivity contribution < 1.29 is 14.1 Å². The van der Waals surface area contributed by atoms with Gasteiger partial charge in [-0.1, -0.05) is 5.16 Å². The molecule has 0 unspecified atom stereocenters. The molecule has 2 aromatic rings. The lowest BCUT2D eigenvalue weighted by molar-refractivity contribution is 0.0946. The van der Waals surface area contributed by atoms with E-state index in [1.807, 2.05) is 0 Å². The van der Waals surface area contributed by atoms with Crippen molar-refractivity contribution in [1.29, 1.82) is 0 Å². The lowest BCUT2D eigenvalue weighted by Crippen LogP contribution is -2.24. The molecule has 2 rings (SSSR count). The molecule has 100 valence electrons. The van der Waals surface area contributed by atoms with Gasteiger partial charge in [0.05, 0.1) is 19.2 Å². The second-order valence-electron chi connectivity index (χ2n) is 3.87. The largest absolute Gasteiger partial charge is 0.496 e. The zero-order valence-electron chi connectivity index (χ0n) is 10.6. The summed E-state index contributed by atoms with van der Waals surface area (Å²) < 4.78 is 9.92. The standard InChI is InChI=1S/C12H14N4O3/c1-7-15-11(16-19-7)6-14-12(17)9-5-8(13)3-4-10(9)18-2/h3-5H,6,13H2,1-2H3,(H,14,17). The topological polar surface area (TPSA) is 103 Å². The minimum absolute atomic E-state index is 0.175. The Balaban J connectivity index is 2.09. The number of nitrogens with zero attached hydrogens (tertiary/aromatic N) is 2. The minimum atomic E-state index is -0.313. The van der Waals surface area contributed by atoms with Crippen LogP contribution in [0, 0.1) is 6.92 Å². The number of carbonyl (C=O) groups excluding carboxylic acids is 1. The smallest absolute Gasteiger partial charge is 0.255 e. The van der Waals surface area contributed by atoms with E-state index < -0.39 is 0 Å². The van der Waals surface area contributed by atoms with E-state index in [0.29, 0.717) is 28.7 Å². The van der Waals surface area contributed by atoms with Crippen LogP contribution in [-0.2, 0) is 6.54 Å². The van der Waals surface area contributed by atoms with E-state index in [0.717, 1.165) is 0 Å². The maximum Gasteiger partial charge on any atom is 0.255 e. The summed E-state index contributed by atoms with van der Waals surface area (Å²) in [5.74, 6) is 1.00. The average molecular weight is 262 g/mol. The molecule has 3 N–H and O–H groups in total. The van der Waals surface area contributed by atoms with Crippen LogP contribution in [0.25, 0.3) is 0 Å². The van der Waals surface area contributed by atoms with Gasteiger partial charge in [0.1, 0.15) is 5.75 Å². The van der Waals surface area contributed by atoms with Gasteiger partial charge in [-0.15, -0.1) is 0 Å². The number of amides is 1. The quantitative estimate of drug-likeness (QED) is 0.793. The predicted molar refractivity (Wildman–Crippen MR) is 67.6 cm³/mol. The molecule has 1 heterocycles. The number of nitrogen functional groups attached to an aromatic ring is 1. The van der Waals surface area contributed by atoms with Crippen molar-refractivity contribution in [2.45, 2.75) is 13.5 Å². The molecule has 0 aliphatic rings. The molecule has 1 aromatic carbocycles. The second-order valence-corrected chi connectivity index (χ2v) is 3.87. The molecule has 0 aliphatic heterocycles. The van der Waals surface area contributed by atoms with Crippen molar-refractivity contribution in [3.63, 3.8) is 0 Å². The van der Waals surface area contributed by atoms with Crippen LogP contribution >= 0.6 is 0 Å². The van der Waals surface area contributed by atoms with Gasteiger partial charge in [0.15, 0.2) is 5.82 Å². The van der Waals surface area contributed by atoms with Crippen LogP contribution in [0.1, 0.15) is 22.1 Å². The Labute approximate surface area is 109 Å². The number of carbonyl (C=O) groups is 1. The summed E-state index contributed by atoms with van der Waals surface area (Å²) in [7, 11) is 1.49. The van der Waals surface area contributed by atoms with Crippen LogP contribution in [0.2, 0.25) is 0 Å². The number of hydrogen-bond donors (Lipinski definition) is 2. The summed E-state index contributed by atoms with van der Waals surface area (Å²) in [5, 5.41) is 6.36. The fourth-order valence-corrected chi connectivity index (χ4v) is 1.57. The summed E-state index contributed by atoms with van der Waals surface area (Å²) in [6, 6.07) is 4.86. The first-order valence-corrected chi connectivity index (χ1v) is 5.61. The highest BCUT2D eigenvalue weighted by Crippen LogP contribution is 2.20. The Morgan fingerprint density at radius 1 is 1.53 bits per heavy atom. The van der Waals surface area contributed by atoms with Gasteiger partial charge >= 0.3 is 0 Å². The highest BCUT2D eigenvalue weighted by Gasteiger charge is 2.13. The monoisotopic (exact) mass is 262 g/mol. The third kappa shape index (κ3) is 3.01. The summed E-state index contributed by atoms with van der Waals surface area (Å²) in [6.07, 6.45) is 0. The first-order chi connectivity index (χ1) is 9.10. The lowest BCUT2D eigenvalue weighted by atomic mass is 10.1. The van der Waals surface area contributed by atoms with E-state index in [1.54, 1.807) is 25.1 Å². The van der Waals surface area contributed by atoms with Crippen molar-refractivity contribution in [3.05, 3.63) is 35.5 Å². The molecule has 7 heteroatoms. The fraction of sp³-hybridized carbons (Fsp3) is 0.250. The Hall–Kier alpha value is -2.57. The first-order valence-electron chi connectivity index (χ1n) is 5.61. The van der Waals surface area contributed by atoms with Crippen molar-refractivity contribution in [2.75, 3.05) is 12.8 Å². The average Bonchev–Trinajstić information content (AvgIpc) is 2.81. The Bertz CT molecular complexity index is 594. The van der Waals surface area contributed by atoms with E-state index in [9.17, 15) is 4.79 Å². The van der Waals surface area contributed by atoms with Crippen LogP contribution in [0.4, 0.5) is 5.69 Å². The molecule has 0 saturated heterocycles. The van der Waals surface area contributed by atoms with Crippen LogP contribution in [0.5, 0.6) is 5.75 Å². The molecule has 0 radical (unpaired) electrons. The van der Waals surface area contributed by atoms with Gasteiger partial charge in [-0.3, -0.25) is 4.79 Å². The van der Waals surface area contributed by atoms with Gasteiger partial charge in [-0.25, -0.2) is 0 Å². The first kappa shape index (κ1) is 12.9. The number of anilines is 1. The van der Waals surface area contributed by atoms with E-state index in [4.69, 9.17) is 15.0 Å². The van der Waals surface area contributed by atoms with E-state index >= 15 is 0 Å². The number of aryl methyl sites for hydroxylation is 1. The molecule has 0 atom stereocenters. The number of nitrogens with two attached hydrogens (primary N) is 1. The highest BCUT2D eigenvalue weighted by molar-refractivity contribution is 5.97.